The number of aromatic nitrogens is 1. The minimum atomic E-state index is -0.839. The Morgan fingerprint density at radius 3 is 2.62 bits per heavy atom. The molecule has 164 valence electrons. The molecule has 4 rings (SSSR count). The molecular weight excluding hydrogens is 402 g/mol. The van der Waals surface area contributed by atoms with E-state index in [1.165, 1.54) is 0 Å². The van der Waals surface area contributed by atoms with E-state index >= 15 is 0 Å². The van der Waals surface area contributed by atoms with E-state index in [4.69, 9.17) is 10.5 Å². The van der Waals surface area contributed by atoms with Crippen molar-refractivity contribution in [3.63, 3.8) is 0 Å². The van der Waals surface area contributed by atoms with Crippen LogP contribution in [0.25, 0.3) is 11.1 Å². The lowest BCUT2D eigenvalue weighted by Crippen LogP contribution is -2.53. The molecule has 0 aliphatic carbocycles. The molecule has 1 aliphatic heterocycles. The first-order valence-corrected chi connectivity index (χ1v) is 10.7. The van der Waals surface area contributed by atoms with E-state index in [2.05, 4.69) is 4.98 Å². The molecule has 2 heterocycles. The van der Waals surface area contributed by atoms with Gasteiger partial charge in [0.2, 0.25) is 5.91 Å². The number of rotatable bonds is 6. The number of para-hydroxylation sites is 1. The molecule has 1 unspecified atom stereocenters. The minimum Gasteiger partial charge on any atom is -0.496 e. The topological polar surface area (TPSA) is 85.5 Å². The van der Waals surface area contributed by atoms with Gasteiger partial charge >= 0.3 is 0 Å². The van der Waals surface area contributed by atoms with Gasteiger partial charge < -0.3 is 15.4 Å². The van der Waals surface area contributed by atoms with E-state index in [0.717, 1.165) is 16.7 Å². The highest BCUT2D eigenvalue weighted by atomic mass is 16.5. The number of hydrogen-bond donors (Lipinski definition) is 1. The van der Waals surface area contributed by atoms with E-state index < -0.39 is 5.41 Å². The number of ether oxygens (including phenoxy) is 1. The summed E-state index contributed by atoms with van der Waals surface area (Å²) in [4.78, 5) is 32.1. The van der Waals surface area contributed by atoms with Gasteiger partial charge in [0, 0.05) is 31.0 Å². The fraction of sp³-hybridized carbons (Fsp3) is 0.269. The van der Waals surface area contributed by atoms with E-state index in [-0.39, 0.29) is 18.4 Å². The molecule has 1 saturated heterocycles. The lowest BCUT2D eigenvalue weighted by atomic mass is 9.73. The van der Waals surface area contributed by atoms with Crippen LogP contribution in [0.3, 0.4) is 0 Å². The molecule has 32 heavy (non-hydrogen) atoms. The van der Waals surface area contributed by atoms with E-state index in [9.17, 15) is 9.59 Å². The van der Waals surface area contributed by atoms with Gasteiger partial charge in [0.05, 0.1) is 18.1 Å². The zero-order valence-electron chi connectivity index (χ0n) is 18.2. The first-order chi connectivity index (χ1) is 15.5. The van der Waals surface area contributed by atoms with Crippen LogP contribution < -0.4 is 10.5 Å². The first kappa shape index (κ1) is 21.6. The first-order valence-electron chi connectivity index (χ1n) is 10.7. The molecule has 1 atom stereocenters. The number of pyridine rings is 1. The Morgan fingerprint density at radius 1 is 1.09 bits per heavy atom. The highest BCUT2D eigenvalue weighted by Gasteiger charge is 2.43. The second kappa shape index (κ2) is 9.22. The van der Waals surface area contributed by atoms with Gasteiger partial charge in [-0.2, -0.15) is 0 Å². The zero-order chi connectivity index (χ0) is 22.6. The molecule has 2 N–H and O–H groups in total. The Labute approximate surface area is 188 Å². The summed E-state index contributed by atoms with van der Waals surface area (Å²) < 4.78 is 5.37. The summed E-state index contributed by atoms with van der Waals surface area (Å²) in [6, 6.07) is 19.0. The Balaban J connectivity index is 1.65. The summed E-state index contributed by atoms with van der Waals surface area (Å²) in [5.41, 5.74) is 8.66. The Kier molecular flexibility index (Phi) is 6.21. The smallest absolute Gasteiger partial charge is 0.257 e. The van der Waals surface area contributed by atoms with Gasteiger partial charge in [-0.1, -0.05) is 42.5 Å². The van der Waals surface area contributed by atoms with E-state index in [0.29, 0.717) is 37.1 Å². The third-order valence-electron chi connectivity index (χ3n) is 6.24. The minimum absolute atomic E-state index is 0.145. The molecule has 3 aromatic rings. The maximum absolute atomic E-state index is 13.3. The predicted molar refractivity (Wildman–Crippen MR) is 123 cm³/mol. The molecular formula is C26H27N3O3. The van der Waals surface area contributed by atoms with Crippen LogP contribution in [-0.2, 0) is 11.2 Å². The maximum Gasteiger partial charge on any atom is 0.257 e. The Bertz CT molecular complexity index is 1120. The molecule has 0 bridgehead atoms. The second-order valence-electron chi connectivity index (χ2n) is 8.25. The molecule has 0 saturated carbocycles. The average Bonchev–Trinajstić information content (AvgIpc) is 2.84. The summed E-state index contributed by atoms with van der Waals surface area (Å²) in [6.07, 6.45) is 5.36. The maximum atomic E-state index is 13.3. The molecule has 0 radical (unpaired) electrons. The monoisotopic (exact) mass is 429 g/mol. The molecule has 1 fully saturated rings. The van der Waals surface area contributed by atoms with Crippen LogP contribution in [0.15, 0.2) is 73.1 Å². The number of benzene rings is 2. The predicted octanol–water partition coefficient (Wildman–Crippen LogP) is 3.71. The molecule has 2 amide bonds. The SMILES string of the molecule is COc1ccccc1C(=O)N1CCCC(Cc2ccccc2-c2cccnc2)(C(N)=O)C1. The van der Waals surface area contributed by atoms with Crippen molar-refractivity contribution in [1.29, 1.82) is 0 Å². The number of primary amides is 1. The van der Waals surface area contributed by atoms with Crippen molar-refractivity contribution in [2.24, 2.45) is 11.1 Å². The van der Waals surface area contributed by atoms with Crippen molar-refractivity contribution in [2.45, 2.75) is 19.3 Å². The number of nitrogens with zero attached hydrogens (tertiary/aromatic N) is 2. The van der Waals surface area contributed by atoms with Crippen molar-refractivity contribution >= 4 is 11.8 Å². The van der Waals surface area contributed by atoms with Gasteiger partial charge in [0.25, 0.3) is 5.91 Å². The molecule has 6 heteroatoms. The molecule has 6 nitrogen and oxygen atoms in total. The highest BCUT2D eigenvalue weighted by molar-refractivity contribution is 5.97. The zero-order valence-corrected chi connectivity index (χ0v) is 18.2. The fourth-order valence-corrected chi connectivity index (χ4v) is 4.57. The summed E-state index contributed by atoms with van der Waals surface area (Å²) >= 11 is 0. The third kappa shape index (κ3) is 4.21. The lowest BCUT2D eigenvalue weighted by molar-refractivity contribution is -0.130. The number of piperidine rings is 1. The summed E-state index contributed by atoms with van der Waals surface area (Å²) in [5, 5.41) is 0. The normalized spacial score (nSPS) is 18.2. The largest absolute Gasteiger partial charge is 0.496 e. The number of amides is 2. The van der Waals surface area contributed by atoms with Gasteiger partial charge in [-0.15, -0.1) is 0 Å². The number of carbonyl (C=O) groups excluding carboxylic acids is 2. The lowest BCUT2D eigenvalue weighted by Gasteiger charge is -2.41. The highest BCUT2D eigenvalue weighted by Crippen LogP contribution is 2.37. The number of carbonyl (C=O) groups is 2. The van der Waals surface area contributed by atoms with Gasteiger partial charge in [-0.05, 0) is 48.6 Å². The van der Waals surface area contributed by atoms with Crippen LogP contribution in [0.5, 0.6) is 5.75 Å². The number of methoxy groups -OCH3 is 1. The molecule has 2 aromatic carbocycles. The van der Waals surface area contributed by atoms with Crippen molar-refractivity contribution in [1.82, 2.24) is 9.88 Å². The van der Waals surface area contributed by atoms with Crippen LogP contribution in [0, 0.1) is 5.41 Å². The molecule has 0 spiro atoms. The number of nitrogens with two attached hydrogens (primary N) is 1. The van der Waals surface area contributed by atoms with Crippen molar-refractivity contribution in [2.75, 3.05) is 20.2 Å². The van der Waals surface area contributed by atoms with Crippen LogP contribution in [0.1, 0.15) is 28.8 Å². The van der Waals surface area contributed by atoms with Crippen molar-refractivity contribution in [3.8, 4) is 16.9 Å². The van der Waals surface area contributed by atoms with Gasteiger partial charge in [0.1, 0.15) is 5.75 Å². The molecule has 1 aliphatic rings. The summed E-state index contributed by atoms with van der Waals surface area (Å²) in [6.45, 7) is 0.858. The van der Waals surface area contributed by atoms with Gasteiger partial charge in [-0.3, -0.25) is 14.6 Å². The van der Waals surface area contributed by atoms with Crippen LogP contribution in [0.4, 0.5) is 0 Å². The third-order valence-corrected chi connectivity index (χ3v) is 6.24. The summed E-state index contributed by atoms with van der Waals surface area (Å²) in [5.74, 6) is -0.000919. The van der Waals surface area contributed by atoms with Crippen LogP contribution >= 0.6 is 0 Å². The van der Waals surface area contributed by atoms with E-state index in [1.54, 1.807) is 30.3 Å². The van der Waals surface area contributed by atoms with Gasteiger partial charge in [0.15, 0.2) is 0 Å². The quantitative estimate of drug-likeness (QED) is 0.647. The molecule has 1 aromatic heterocycles. The second-order valence-corrected chi connectivity index (χ2v) is 8.25. The Morgan fingerprint density at radius 2 is 1.88 bits per heavy atom. The standard InChI is InChI=1S/C26H27N3O3/c1-32-23-12-5-4-11-22(23)24(30)29-15-7-13-26(18-29,25(27)31)16-19-8-2-3-10-21(19)20-9-6-14-28-17-20/h2-6,8-12,14,17H,7,13,15-16,18H2,1H3,(H2,27,31). The fourth-order valence-electron chi connectivity index (χ4n) is 4.57. The Hall–Kier alpha value is -3.67. The number of hydrogen-bond acceptors (Lipinski definition) is 4. The van der Waals surface area contributed by atoms with Crippen LogP contribution in [0.2, 0.25) is 0 Å². The average molecular weight is 430 g/mol. The van der Waals surface area contributed by atoms with E-state index in [1.807, 2.05) is 54.7 Å². The summed E-state index contributed by atoms with van der Waals surface area (Å²) in [7, 11) is 1.55. The van der Waals surface area contributed by atoms with Gasteiger partial charge in [-0.25, -0.2) is 0 Å². The van der Waals surface area contributed by atoms with Crippen LogP contribution in [-0.4, -0.2) is 41.9 Å². The number of likely N-dealkylation sites (tertiary alicyclic amines) is 1. The van der Waals surface area contributed by atoms with Crippen molar-refractivity contribution in [3.05, 3.63) is 84.2 Å². The van der Waals surface area contributed by atoms with Crippen molar-refractivity contribution < 1.29 is 14.3 Å².